The molecule has 4 aromatic rings. The van der Waals surface area contributed by atoms with Crippen molar-refractivity contribution in [3.63, 3.8) is 0 Å². The summed E-state index contributed by atoms with van der Waals surface area (Å²) < 4.78 is 29.1. The van der Waals surface area contributed by atoms with Gasteiger partial charge in [0.2, 0.25) is 0 Å². The fourth-order valence-electron chi connectivity index (χ4n) is 3.33. The van der Waals surface area contributed by atoms with Gasteiger partial charge in [0.25, 0.3) is 15.7 Å². The van der Waals surface area contributed by atoms with Crippen LogP contribution >= 0.6 is 0 Å². The summed E-state index contributed by atoms with van der Waals surface area (Å²) in [6, 6.07) is 11.3. The average Bonchev–Trinajstić information content (AvgIpc) is 3.22. The molecule has 10 nitrogen and oxygen atoms in total. The van der Waals surface area contributed by atoms with E-state index in [1.165, 1.54) is 18.3 Å². The number of hydrogen-bond acceptors (Lipinski definition) is 7. The molecule has 0 N–H and O–H groups in total. The summed E-state index contributed by atoms with van der Waals surface area (Å²) in [7, 11) is -4.10. The monoisotopic (exact) mass is 464 g/mol. The highest BCUT2D eigenvalue weighted by atomic mass is 32.2. The highest BCUT2D eigenvalue weighted by Crippen LogP contribution is 2.25. The second-order valence-electron chi connectivity index (χ2n) is 7.17. The van der Waals surface area contributed by atoms with E-state index >= 15 is 0 Å². The highest BCUT2D eigenvalue weighted by Gasteiger charge is 2.26. The van der Waals surface area contributed by atoms with Gasteiger partial charge in [-0.1, -0.05) is 12.1 Å². The number of non-ortho nitro benzene ring substituents is 1. The second kappa shape index (κ2) is 8.79. The number of rotatable bonds is 7. The van der Waals surface area contributed by atoms with Crippen LogP contribution in [0.2, 0.25) is 0 Å². The third-order valence-corrected chi connectivity index (χ3v) is 6.96. The Morgan fingerprint density at radius 3 is 2.70 bits per heavy atom. The zero-order valence-corrected chi connectivity index (χ0v) is 18.7. The molecule has 3 aromatic heterocycles. The van der Waals surface area contributed by atoms with Crippen molar-refractivity contribution in [1.82, 2.24) is 18.8 Å². The van der Waals surface area contributed by atoms with E-state index in [1.54, 1.807) is 36.8 Å². The first-order valence-corrected chi connectivity index (χ1v) is 11.4. The number of aryl methyl sites for hydroxylation is 1. The Balaban J connectivity index is 1.70. The normalized spacial score (nSPS) is 11.8. The van der Waals surface area contributed by atoms with Crippen molar-refractivity contribution in [2.24, 2.45) is 5.10 Å². The van der Waals surface area contributed by atoms with Crippen molar-refractivity contribution in [3.05, 3.63) is 88.6 Å². The van der Waals surface area contributed by atoms with E-state index in [9.17, 15) is 18.5 Å². The van der Waals surface area contributed by atoms with E-state index in [2.05, 4.69) is 15.1 Å². The smallest absolute Gasteiger partial charge is 0.279 e. The maximum atomic E-state index is 13.2. The molecule has 0 radical (unpaired) electrons. The van der Waals surface area contributed by atoms with Gasteiger partial charge in [-0.15, -0.1) is 0 Å². The average molecular weight is 465 g/mol. The van der Waals surface area contributed by atoms with Gasteiger partial charge in [0, 0.05) is 41.9 Å². The fraction of sp³-hybridized carbons (Fsp3) is 0.136. The van der Waals surface area contributed by atoms with Crippen LogP contribution in [0.15, 0.2) is 77.2 Å². The van der Waals surface area contributed by atoms with Crippen LogP contribution < -0.4 is 0 Å². The van der Waals surface area contributed by atoms with E-state index in [0.29, 0.717) is 16.9 Å². The van der Waals surface area contributed by atoms with Crippen molar-refractivity contribution in [1.29, 1.82) is 0 Å². The topological polar surface area (TPSA) is 123 Å². The van der Waals surface area contributed by atoms with Crippen LogP contribution in [0.5, 0.6) is 0 Å². The first-order chi connectivity index (χ1) is 15.8. The number of benzene rings is 1. The number of nitro benzene ring substituents is 1. The minimum atomic E-state index is -4.10. The first kappa shape index (κ1) is 22.1. The summed E-state index contributed by atoms with van der Waals surface area (Å²) in [5.74, 6) is 0. The number of sulfonamides is 1. The predicted octanol–water partition coefficient (Wildman–Crippen LogP) is 3.66. The maximum absolute atomic E-state index is 13.2. The Labute approximate surface area is 190 Å². The Morgan fingerprint density at radius 2 is 2.00 bits per heavy atom. The van der Waals surface area contributed by atoms with Gasteiger partial charge in [0.1, 0.15) is 5.65 Å². The Morgan fingerprint density at radius 1 is 1.18 bits per heavy atom. The molecule has 1 aromatic carbocycles. The van der Waals surface area contributed by atoms with Crippen LogP contribution in [-0.2, 0) is 10.0 Å². The summed E-state index contributed by atoms with van der Waals surface area (Å²) in [6.07, 6.45) is 8.31. The highest BCUT2D eigenvalue weighted by molar-refractivity contribution is 7.89. The standard InChI is InChI=1S/C22H20N6O4S/c1-3-27(33(31,32)21-11-19(28(29)30)8-6-16(21)2)25-14-20-13-24-22-9-7-18(15-26(20)22)17-5-4-10-23-12-17/h4-15H,3H2,1-2H3/b25-14+. The zero-order chi connectivity index (χ0) is 23.6. The third kappa shape index (κ3) is 4.30. The zero-order valence-electron chi connectivity index (χ0n) is 17.9. The quantitative estimate of drug-likeness (QED) is 0.234. The number of nitrogens with zero attached hydrogens (tertiary/aromatic N) is 6. The van der Waals surface area contributed by atoms with E-state index in [4.69, 9.17) is 0 Å². The molecule has 4 rings (SSSR count). The first-order valence-electron chi connectivity index (χ1n) is 10.0. The molecular weight excluding hydrogens is 444 g/mol. The lowest BCUT2D eigenvalue weighted by Gasteiger charge is -2.18. The van der Waals surface area contributed by atoms with Gasteiger partial charge in [0.15, 0.2) is 0 Å². The molecule has 0 aliphatic carbocycles. The van der Waals surface area contributed by atoms with E-state index < -0.39 is 14.9 Å². The lowest BCUT2D eigenvalue weighted by molar-refractivity contribution is -0.385. The van der Waals surface area contributed by atoms with E-state index in [-0.39, 0.29) is 17.1 Å². The van der Waals surface area contributed by atoms with Crippen molar-refractivity contribution in [3.8, 4) is 11.1 Å². The molecule has 0 saturated carbocycles. The number of hydrogen-bond donors (Lipinski definition) is 0. The summed E-state index contributed by atoms with van der Waals surface area (Å²) in [6.45, 7) is 3.26. The maximum Gasteiger partial charge on any atom is 0.279 e. The Kier molecular flexibility index (Phi) is 5.88. The van der Waals surface area contributed by atoms with Crippen molar-refractivity contribution in [2.75, 3.05) is 6.54 Å². The molecular formula is C22H20N6O4S. The SMILES string of the molecule is CCN(/N=C/c1cnc2ccc(-c3cccnc3)cn12)S(=O)(=O)c1cc([N+](=O)[O-])ccc1C. The van der Waals surface area contributed by atoms with E-state index in [1.807, 2.05) is 30.5 Å². The van der Waals surface area contributed by atoms with Crippen LogP contribution in [0.25, 0.3) is 16.8 Å². The van der Waals surface area contributed by atoms with Gasteiger partial charge >= 0.3 is 0 Å². The molecule has 0 spiro atoms. The fourth-order valence-corrected chi connectivity index (χ4v) is 4.81. The van der Waals surface area contributed by atoms with Crippen LogP contribution in [0, 0.1) is 17.0 Å². The number of nitro groups is 1. The summed E-state index contributed by atoms with van der Waals surface area (Å²) in [5, 5.41) is 15.3. The van der Waals surface area contributed by atoms with Crippen LogP contribution in [-0.4, -0.2) is 44.9 Å². The molecule has 0 amide bonds. The van der Waals surface area contributed by atoms with Crippen LogP contribution in [0.1, 0.15) is 18.2 Å². The second-order valence-corrected chi connectivity index (χ2v) is 8.98. The van der Waals surface area contributed by atoms with Crippen LogP contribution in [0.3, 0.4) is 0 Å². The molecule has 0 aliphatic heterocycles. The summed E-state index contributed by atoms with van der Waals surface area (Å²) in [4.78, 5) is 18.8. The number of aromatic nitrogens is 3. The summed E-state index contributed by atoms with van der Waals surface area (Å²) in [5.41, 5.74) is 3.17. The number of imidazole rings is 1. The Hall–Kier alpha value is -4.12. The lowest BCUT2D eigenvalue weighted by atomic mass is 10.1. The lowest BCUT2D eigenvalue weighted by Crippen LogP contribution is -2.27. The molecule has 0 bridgehead atoms. The van der Waals surface area contributed by atoms with E-state index in [0.717, 1.165) is 21.6 Å². The van der Waals surface area contributed by atoms with Crippen LogP contribution in [0.4, 0.5) is 5.69 Å². The van der Waals surface area contributed by atoms with Gasteiger partial charge in [0.05, 0.1) is 34.5 Å². The Bertz CT molecular complexity index is 1470. The predicted molar refractivity (Wildman–Crippen MR) is 123 cm³/mol. The van der Waals surface area contributed by atoms with Gasteiger partial charge in [-0.25, -0.2) is 4.98 Å². The molecule has 11 heteroatoms. The van der Waals surface area contributed by atoms with Crippen molar-refractivity contribution in [2.45, 2.75) is 18.7 Å². The number of hydrazone groups is 1. The van der Waals surface area contributed by atoms with Gasteiger partial charge in [-0.05, 0) is 37.6 Å². The number of fused-ring (bicyclic) bond motifs is 1. The molecule has 0 unspecified atom stereocenters. The molecule has 168 valence electrons. The molecule has 0 atom stereocenters. The van der Waals surface area contributed by atoms with Gasteiger partial charge in [-0.3, -0.25) is 19.5 Å². The molecule has 0 saturated heterocycles. The minimum absolute atomic E-state index is 0.0403. The molecule has 0 aliphatic rings. The van der Waals surface area contributed by atoms with Gasteiger partial charge < -0.3 is 0 Å². The number of pyridine rings is 2. The van der Waals surface area contributed by atoms with Crippen molar-refractivity contribution < 1.29 is 13.3 Å². The molecule has 0 fully saturated rings. The molecule has 33 heavy (non-hydrogen) atoms. The minimum Gasteiger partial charge on any atom is -0.298 e. The summed E-state index contributed by atoms with van der Waals surface area (Å²) >= 11 is 0. The van der Waals surface area contributed by atoms with Crippen molar-refractivity contribution >= 4 is 27.6 Å². The largest absolute Gasteiger partial charge is 0.298 e. The van der Waals surface area contributed by atoms with Gasteiger partial charge in [-0.2, -0.15) is 17.9 Å². The molecule has 3 heterocycles. The third-order valence-electron chi connectivity index (χ3n) is 5.06.